The van der Waals surface area contributed by atoms with E-state index in [1.807, 2.05) is 0 Å². The second-order valence-corrected chi connectivity index (χ2v) is 3.74. The molecule has 0 aromatic heterocycles. The number of hydrogen-bond acceptors (Lipinski definition) is 3. The standard InChI is InChI=1S/C14H18O3/c1-14(2,3)13(15)7-5-10-4-6-11-12(8-10)17-9-16-11/h4-8,13,15H,9H2,1-3H3/b7-5+/i1D3,2D3,4D,6D,8D,9D2. The fraction of sp³-hybridized carbons (Fsp3) is 0.429. The second-order valence-electron chi connectivity index (χ2n) is 3.74. The molecule has 0 fully saturated rings. The maximum Gasteiger partial charge on any atom is 0.231 e. The number of rotatable bonds is 2. The van der Waals surface area contributed by atoms with Crippen molar-refractivity contribution in [3.05, 3.63) is 29.8 Å². The molecule has 1 atom stereocenters. The van der Waals surface area contributed by atoms with Crippen molar-refractivity contribution in [1.82, 2.24) is 0 Å². The van der Waals surface area contributed by atoms with Gasteiger partial charge in [-0.15, -0.1) is 0 Å². The Morgan fingerprint density at radius 3 is 3.06 bits per heavy atom. The smallest absolute Gasteiger partial charge is 0.231 e. The largest absolute Gasteiger partial charge is 0.454 e. The molecule has 0 saturated heterocycles. The molecule has 1 unspecified atom stereocenters. The monoisotopic (exact) mass is 245 g/mol. The van der Waals surface area contributed by atoms with Gasteiger partial charge in [-0.25, -0.2) is 0 Å². The Labute approximate surface area is 117 Å². The van der Waals surface area contributed by atoms with Crippen molar-refractivity contribution in [2.45, 2.75) is 26.7 Å². The topological polar surface area (TPSA) is 38.7 Å². The predicted octanol–water partition coefficient (Wildman–Crippen LogP) is 2.84. The van der Waals surface area contributed by atoms with E-state index in [9.17, 15) is 5.11 Å². The average Bonchev–Trinajstić information content (AvgIpc) is 2.85. The molecular weight excluding hydrogens is 216 g/mol. The molecule has 0 amide bonds. The van der Waals surface area contributed by atoms with Gasteiger partial charge in [0.25, 0.3) is 0 Å². The lowest BCUT2D eigenvalue weighted by Gasteiger charge is -2.22. The van der Waals surface area contributed by atoms with Gasteiger partial charge >= 0.3 is 0 Å². The van der Waals surface area contributed by atoms with Crippen molar-refractivity contribution in [2.24, 2.45) is 5.41 Å². The first-order valence-corrected chi connectivity index (χ1v) is 4.82. The van der Waals surface area contributed by atoms with Gasteiger partial charge in [0.05, 0.1) is 10.2 Å². The number of aliphatic hydroxyl groups excluding tert-OH is 1. The van der Waals surface area contributed by atoms with Crippen molar-refractivity contribution >= 4 is 6.08 Å². The number of hydrogen-bond donors (Lipinski definition) is 1. The first-order valence-electron chi connectivity index (χ1n) is 10.3. The maximum atomic E-state index is 10.3. The van der Waals surface area contributed by atoms with Crippen molar-refractivity contribution in [3.8, 4) is 11.5 Å². The lowest BCUT2D eigenvalue weighted by Crippen LogP contribution is -2.23. The summed E-state index contributed by atoms with van der Waals surface area (Å²) >= 11 is 0. The highest BCUT2D eigenvalue weighted by molar-refractivity contribution is 5.56. The van der Waals surface area contributed by atoms with E-state index in [1.54, 1.807) is 0 Å². The molecule has 0 spiro atoms. The van der Waals surface area contributed by atoms with Gasteiger partial charge in [0.2, 0.25) is 6.75 Å². The fourth-order valence-corrected chi connectivity index (χ4v) is 1.10. The van der Waals surface area contributed by atoms with E-state index in [1.165, 1.54) is 0 Å². The van der Waals surface area contributed by atoms with Gasteiger partial charge in [-0.2, -0.15) is 0 Å². The van der Waals surface area contributed by atoms with Crippen LogP contribution in [0.4, 0.5) is 0 Å². The molecule has 0 aliphatic carbocycles. The van der Waals surface area contributed by atoms with Gasteiger partial charge < -0.3 is 14.6 Å². The predicted molar refractivity (Wildman–Crippen MR) is 67.1 cm³/mol. The second kappa shape index (κ2) is 4.41. The highest BCUT2D eigenvalue weighted by Crippen LogP contribution is 2.33. The van der Waals surface area contributed by atoms with E-state index >= 15 is 0 Å². The third kappa shape index (κ3) is 2.80. The molecule has 3 heteroatoms. The van der Waals surface area contributed by atoms with Crippen LogP contribution in [0.3, 0.4) is 0 Å². The third-order valence-corrected chi connectivity index (χ3v) is 2.09. The van der Waals surface area contributed by atoms with Crippen LogP contribution in [0.5, 0.6) is 11.5 Å². The van der Waals surface area contributed by atoms with Crippen molar-refractivity contribution < 1.29 is 29.7 Å². The SMILES string of the molecule is [2H]c1c([2H])c2c(c([2H])c1/C=C/C(O)C(C)(C([2H])([2H])[2H])C([2H])([2H])[2H])OC([2H])([2H])O2. The third-order valence-electron chi connectivity index (χ3n) is 2.09. The normalized spacial score (nSPS) is 30.4. The molecule has 1 aliphatic rings. The fourth-order valence-electron chi connectivity index (χ4n) is 1.10. The minimum Gasteiger partial charge on any atom is -0.454 e. The summed E-state index contributed by atoms with van der Waals surface area (Å²) in [6.45, 7) is -7.85. The molecule has 1 aromatic carbocycles. The van der Waals surface area contributed by atoms with Gasteiger partial charge in [-0.1, -0.05) is 38.8 Å². The zero-order valence-corrected chi connectivity index (χ0v) is 9.00. The van der Waals surface area contributed by atoms with Crippen molar-refractivity contribution in [3.63, 3.8) is 0 Å². The minimum atomic E-state index is -3.05. The van der Waals surface area contributed by atoms with Crippen LogP contribution in [0, 0.1) is 5.41 Å². The van der Waals surface area contributed by atoms with Crippen molar-refractivity contribution in [1.29, 1.82) is 0 Å². The Balaban J connectivity index is 2.52. The summed E-state index contributed by atoms with van der Waals surface area (Å²) < 4.78 is 93.4. The van der Waals surface area contributed by atoms with E-state index in [-0.39, 0.29) is 5.56 Å². The zero-order valence-electron chi connectivity index (χ0n) is 20.0. The molecule has 1 N–H and O–H groups in total. The van der Waals surface area contributed by atoms with Crippen molar-refractivity contribution in [2.75, 3.05) is 6.75 Å². The summed E-state index contributed by atoms with van der Waals surface area (Å²) in [6, 6.07) is -1.65. The maximum absolute atomic E-state index is 10.3. The molecule has 1 aliphatic heterocycles. The first kappa shape index (κ1) is 4.32. The Morgan fingerprint density at radius 1 is 1.53 bits per heavy atom. The summed E-state index contributed by atoms with van der Waals surface area (Å²) in [5, 5.41) is 10.3. The van der Waals surface area contributed by atoms with Gasteiger partial charge in [0.15, 0.2) is 11.5 Å². The van der Waals surface area contributed by atoms with Crippen LogP contribution < -0.4 is 9.47 Å². The molecule has 2 rings (SSSR count). The number of benzene rings is 1. The summed E-state index contributed by atoms with van der Waals surface area (Å²) in [5.41, 5.74) is -2.82. The molecule has 3 nitrogen and oxygen atoms in total. The molecule has 0 bridgehead atoms. The molecular formula is C14H18O3. The van der Waals surface area contributed by atoms with E-state index in [0.717, 1.165) is 19.1 Å². The summed E-state index contributed by atoms with van der Waals surface area (Å²) in [6.07, 6.45) is -0.238. The highest BCUT2D eigenvalue weighted by atomic mass is 16.7. The van der Waals surface area contributed by atoms with Crippen LogP contribution in [-0.4, -0.2) is 18.0 Å². The quantitative estimate of drug-likeness (QED) is 0.870. The molecule has 17 heavy (non-hydrogen) atoms. The summed E-state index contributed by atoms with van der Waals surface area (Å²) in [4.78, 5) is 0. The lowest BCUT2D eigenvalue weighted by molar-refractivity contribution is 0.106. The van der Waals surface area contributed by atoms with Gasteiger partial charge in [-0.3, -0.25) is 0 Å². The van der Waals surface area contributed by atoms with Crippen LogP contribution in [-0.2, 0) is 0 Å². The van der Waals surface area contributed by atoms with E-state index in [4.69, 9.17) is 24.6 Å². The molecule has 1 aromatic rings. The van der Waals surface area contributed by atoms with Crippen LogP contribution in [0.1, 0.15) is 41.3 Å². The van der Waals surface area contributed by atoms with Crippen LogP contribution in [0.25, 0.3) is 6.08 Å². The molecule has 92 valence electrons. The van der Waals surface area contributed by atoms with Gasteiger partial charge in [-0.05, 0) is 23.1 Å². The minimum absolute atomic E-state index is 0.289. The first-order chi connectivity index (χ1) is 12.4. The van der Waals surface area contributed by atoms with E-state index in [0.29, 0.717) is 0 Å². The lowest BCUT2D eigenvalue weighted by atomic mass is 9.89. The molecule has 0 radical (unpaired) electrons. The number of ether oxygens (including phenoxy) is 2. The van der Waals surface area contributed by atoms with Crippen LogP contribution in [0.15, 0.2) is 24.2 Å². The summed E-state index contributed by atoms with van der Waals surface area (Å²) in [7, 11) is 0. The Kier molecular flexibility index (Phi) is 1.12. The van der Waals surface area contributed by atoms with Gasteiger partial charge in [0.1, 0.15) is 2.74 Å². The molecule has 0 saturated carbocycles. The zero-order chi connectivity index (χ0) is 21.9. The summed E-state index contributed by atoms with van der Waals surface area (Å²) in [5.74, 6) is -0.845. The Hall–Kier alpha value is -1.48. The van der Waals surface area contributed by atoms with Crippen LogP contribution in [0.2, 0.25) is 0 Å². The Morgan fingerprint density at radius 2 is 2.29 bits per heavy atom. The van der Waals surface area contributed by atoms with E-state index < -0.39 is 61.6 Å². The molecule has 1 heterocycles. The van der Waals surface area contributed by atoms with E-state index in [2.05, 4.69) is 0 Å². The number of aliphatic hydroxyl groups is 1. The average molecular weight is 245 g/mol. The van der Waals surface area contributed by atoms with Gasteiger partial charge in [0, 0.05) is 8.22 Å². The van der Waals surface area contributed by atoms with Crippen LogP contribution >= 0.6 is 0 Å². The highest BCUT2D eigenvalue weighted by Gasteiger charge is 2.19. The Bertz CT molecular complexity index is 796. The number of fused-ring (bicyclic) bond motifs is 1.